The van der Waals surface area contributed by atoms with E-state index >= 15 is 0 Å². The Hall–Kier alpha value is -1.58. The van der Waals surface area contributed by atoms with E-state index in [0.717, 1.165) is 18.4 Å². The van der Waals surface area contributed by atoms with Crippen LogP contribution in [0.5, 0.6) is 0 Å². The number of hydrogen-bond donors (Lipinski definition) is 1. The summed E-state index contributed by atoms with van der Waals surface area (Å²) in [7, 11) is 1.60. The Morgan fingerprint density at radius 2 is 2.27 bits per heavy atom. The predicted octanol–water partition coefficient (Wildman–Crippen LogP) is 0.827. The van der Waals surface area contributed by atoms with Gasteiger partial charge in [-0.3, -0.25) is 9.59 Å². The van der Waals surface area contributed by atoms with Crippen molar-refractivity contribution in [1.82, 2.24) is 9.88 Å². The Kier molecular flexibility index (Phi) is 2.58. The lowest BCUT2D eigenvalue weighted by Crippen LogP contribution is -2.22. The molecule has 0 aromatic carbocycles. The zero-order valence-corrected chi connectivity index (χ0v) is 8.69. The maximum absolute atomic E-state index is 11.7. The van der Waals surface area contributed by atoms with E-state index in [0.29, 0.717) is 0 Å². The molecule has 0 bridgehead atoms. The first-order valence-corrected chi connectivity index (χ1v) is 5.11. The fourth-order valence-corrected chi connectivity index (χ4v) is 1.51. The van der Waals surface area contributed by atoms with Crippen LogP contribution in [0, 0.1) is 5.92 Å². The average molecular weight is 206 g/mol. The number of nitrogens with one attached hydrogen (secondary N) is 1. The highest BCUT2D eigenvalue weighted by Crippen LogP contribution is 2.32. The third-order valence-electron chi connectivity index (χ3n) is 2.59. The van der Waals surface area contributed by atoms with Crippen LogP contribution in [0.3, 0.4) is 0 Å². The van der Waals surface area contributed by atoms with Crippen LogP contribution < -0.4 is 5.32 Å². The molecule has 80 valence electrons. The molecule has 1 aromatic heterocycles. The molecule has 0 unspecified atom stereocenters. The second-order valence-electron chi connectivity index (χ2n) is 3.88. The number of Topliss-reactive ketones (excluding diaryl/α,β-unsaturated/α-hetero) is 1. The molecule has 1 N–H and O–H groups in total. The summed E-state index contributed by atoms with van der Waals surface area (Å²) >= 11 is 0. The first-order chi connectivity index (χ1) is 7.20. The number of likely N-dealkylation sites (N-methyl/N-ethyl adjacent to an activating group) is 1. The molecule has 0 atom stereocenters. The Labute approximate surface area is 88.3 Å². The van der Waals surface area contributed by atoms with Crippen LogP contribution in [0.4, 0.5) is 0 Å². The number of hydrogen-bond acceptors (Lipinski definition) is 2. The van der Waals surface area contributed by atoms with Gasteiger partial charge < -0.3 is 9.88 Å². The minimum Gasteiger partial charge on any atom is -0.358 e. The van der Waals surface area contributed by atoms with E-state index in [1.807, 2.05) is 0 Å². The number of aromatic nitrogens is 1. The number of rotatable bonds is 4. The van der Waals surface area contributed by atoms with Crippen molar-refractivity contribution >= 4 is 11.7 Å². The van der Waals surface area contributed by atoms with Gasteiger partial charge in [0.1, 0.15) is 6.54 Å². The summed E-state index contributed by atoms with van der Waals surface area (Å²) in [5.74, 6) is 0.391. The highest BCUT2D eigenvalue weighted by molar-refractivity contribution is 5.99. The topological polar surface area (TPSA) is 51.1 Å². The Balaban J connectivity index is 2.03. The fourth-order valence-electron chi connectivity index (χ4n) is 1.51. The van der Waals surface area contributed by atoms with Crippen molar-refractivity contribution in [2.75, 3.05) is 7.05 Å². The standard InChI is InChI=1S/C11H14N2O2/c1-12-10(14)7-13-5-4-9(6-13)11(15)8-2-3-8/h4-6,8H,2-3,7H2,1H3,(H,12,14). The van der Waals surface area contributed by atoms with Gasteiger partial charge in [-0.15, -0.1) is 0 Å². The molecule has 1 aliphatic rings. The van der Waals surface area contributed by atoms with Crippen LogP contribution in [0.15, 0.2) is 18.5 Å². The summed E-state index contributed by atoms with van der Waals surface area (Å²) in [4.78, 5) is 22.8. The van der Waals surface area contributed by atoms with Crippen molar-refractivity contribution in [3.05, 3.63) is 24.0 Å². The smallest absolute Gasteiger partial charge is 0.239 e. The number of nitrogens with zero attached hydrogens (tertiary/aromatic N) is 1. The molecule has 1 fully saturated rings. The van der Waals surface area contributed by atoms with E-state index in [-0.39, 0.29) is 24.2 Å². The van der Waals surface area contributed by atoms with Crippen molar-refractivity contribution in [2.45, 2.75) is 19.4 Å². The molecule has 1 amide bonds. The lowest BCUT2D eigenvalue weighted by Gasteiger charge is -2.00. The van der Waals surface area contributed by atoms with Gasteiger partial charge in [-0.25, -0.2) is 0 Å². The summed E-state index contributed by atoms with van der Waals surface area (Å²) in [6.45, 7) is 0.272. The maximum atomic E-state index is 11.7. The molecule has 4 heteroatoms. The molecule has 1 aliphatic carbocycles. The van der Waals surface area contributed by atoms with Gasteiger partial charge >= 0.3 is 0 Å². The first-order valence-electron chi connectivity index (χ1n) is 5.11. The van der Waals surface area contributed by atoms with Gasteiger partial charge in [0.25, 0.3) is 0 Å². The van der Waals surface area contributed by atoms with E-state index in [9.17, 15) is 9.59 Å². The number of ketones is 1. The number of carbonyl (C=O) groups is 2. The van der Waals surface area contributed by atoms with Gasteiger partial charge in [0, 0.05) is 30.9 Å². The van der Waals surface area contributed by atoms with Crippen LogP contribution in [-0.2, 0) is 11.3 Å². The van der Waals surface area contributed by atoms with Crippen LogP contribution in [0.1, 0.15) is 23.2 Å². The fraction of sp³-hybridized carbons (Fsp3) is 0.455. The van der Waals surface area contributed by atoms with Crippen LogP contribution in [0.25, 0.3) is 0 Å². The normalized spacial score (nSPS) is 15.0. The van der Waals surface area contributed by atoms with Gasteiger partial charge in [-0.05, 0) is 18.9 Å². The number of amides is 1. The summed E-state index contributed by atoms with van der Waals surface area (Å²) < 4.78 is 1.73. The van der Waals surface area contributed by atoms with Crippen molar-refractivity contribution in [3.8, 4) is 0 Å². The molecular weight excluding hydrogens is 192 g/mol. The average Bonchev–Trinajstić information content (AvgIpc) is 2.98. The van der Waals surface area contributed by atoms with Crippen molar-refractivity contribution in [3.63, 3.8) is 0 Å². The molecule has 1 heterocycles. The molecule has 15 heavy (non-hydrogen) atoms. The van der Waals surface area contributed by atoms with Gasteiger partial charge in [-0.1, -0.05) is 0 Å². The molecule has 2 rings (SSSR count). The van der Waals surface area contributed by atoms with Gasteiger partial charge in [0.2, 0.25) is 5.91 Å². The van der Waals surface area contributed by atoms with Crippen molar-refractivity contribution in [1.29, 1.82) is 0 Å². The Morgan fingerprint density at radius 3 is 2.87 bits per heavy atom. The van der Waals surface area contributed by atoms with E-state index < -0.39 is 0 Å². The zero-order chi connectivity index (χ0) is 10.8. The van der Waals surface area contributed by atoms with E-state index in [1.165, 1.54) is 0 Å². The molecule has 0 aliphatic heterocycles. The molecule has 1 saturated carbocycles. The van der Waals surface area contributed by atoms with Gasteiger partial charge in [-0.2, -0.15) is 0 Å². The highest BCUT2D eigenvalue weighted by Gasteiger charge is 2.30. The molecule has 0 spiro atoms. The van der Waals surface area contributed by atoms with Crippen molar-refractivity contribution < 1.29 is 9.59 Å². The van der Waals surface area contributed by atoms with Crippen LogP contribution in [0.2, 0.25) is 0 Å². The lowest BCUT2D eigenvalue weighted by molar-refractivity contribution is -0.121. The molecule has 0 radical (unpaired) electrons. The van der Waals surface area contributed by atoms with E-state index in [2.05, 4.69) is 5.32 Å². The SMILES string of the molecule is CNC(=O)Cn1ccc(C(=O)C2CC2)c1. The summed E-state index contributed by atoms with van der Waals surface area (Å²) in [6.07, 6.45) is 5.54. The molecule has 0 saturated heterocycles. The Bertz CT molecular complexity index is 391. The van der Waals surface area contributed by atoms with Gasteiger partial charge in [0.05, 0.1) is 0 Å². The van der Waals surface area contributed by atoms with Gasteiger partial charge in [0.15, 0.2) is 5.78 Å². The predicted molar refractivity (Wildman–Crippen MR) is 55.6 cm³/mol. The van der Waals surface area contributed by atoms with Crippen molar-refractivity contribution in [2.24, 2.45) is 5.92 Å². The Morgan fingerprint density at radius 1 is 1.53 bits per heavy atom. The second-order valence-corrected chi connectivity index (χ2v) is 3.88. The minimum atomic E-state index is -0.0592. The molecular formula is C11H14N2O2. The quantitative estimate of drug-likeness (QED) is 0.742. The lowest BCUT2D eigenvalue weighted by atomic mass is 10.1. The van der Waals surface area contributed by atoms with E-state index in [4.69, 9.17) is 0 Å². The minimum absolute atomic E-state index is 0.0592. The maximum Gasteiger partial charge on any atom is 0.239 e. The third kappa shape index (κ3) is 2.26. The first kappa shape index (κ1) is 9.96. The van der Waals surface area contributed by atoms with Crippen LogP contribution >= 0.6 is 0 Å². The highest BCUT2D eigenvalue weighted by atomic mass is 16.2. The summed E-state index contributed by atoms with van der Waals surface area (Å²) in [6, 6.07) is 1.78. The summed E-state index contributed by atoms with van der Waals surface area (Å²) in [5.41, 5.74) is 0.724. The number of carbonyl (C=O) groups excluding carboxylic acids is 2. The molecule has 4 nitrogen and oxygen atoms in total. The molecule has 1 aromatic rings. The largest absolute Gasteiger partial charge is 0.358 e. The second kappa shape index (κ2) is 3.88. The van der Waals surface area contributed by atoms with Crippen LogP contribution in [-0.4, -0.2) is 23.3 Å². The summed E-state index contributed by atoms with van der Waals surface area (Å²) in [5, 5.41) is 2.54. The zero-order valence-electron chi connectivity index (χ0n) is 8.69. The van der Waals surface area contributed by atoms with E-state index in [1.54, 1.807) is 30.1 Å². The monoisotopic (exact) mass is 206 g/mol. The third-order valence-corrected chi connectivity index (χ3v) is 2.59.